The van der Waals surface area contributed by atoms with Crippen LogP contribution in [0, 0.1) is 12.8 Å². The second-order valence-electron chi connectivity index (χ2n) is 5.16. The number of hydrogen-bond donors (Lipinski definition) is 1. The minimum Gasteiger partial charge on any atom is -0.497 e. The number of methoxy groups -OCH3 is 1. The van der Waals surface area contributed by atoms with Gasteiger partial charge >= 0.3 is 0 Å². The maximum atomic E-state index is 5.21. The standard InChI is InChI=1S/C15H21N3OS/c1-10(2)15(12-5-7-13(19-4)8-6-12)16-9-14-11(3)17-18-20-14/h5-8,10,15-16H,9H2,1-4H3/t15-/m0/s1. The number of hydrogen-bond acceptors (Lipinski definition) is 5. The van der Waals surface area contributed by atoms with Crippen LogP contribution in [0.15, 0.2) is 24.3 Å². The van der Waals surface area contributed by atoms with Crippen LogP contribution < -0.4 is 10.1 Å². The van der Waals surface area contributed by atoms with E-state index in [0.717, 1.165) is 18.0 Å². The van der Waals surface area contributed by atoms with E-state index in [2.05, 4.69) is 40.9 Å². The first-order valence-electron chi connectivity index (χ1n) is 6.77. The van der Waals surface area contributed by atoms with E-state index in [1.165, 1.54) is 22.0 Å². The number of rotatable bonds is 6. The lowest BCUT2D eigenvalue weighted by atomic mass is 9.96. The van der Waals surface area contributed by atoms with Crippen molar-refractivity contribution >= 4 is 11.5 Å². The van der Waals surface area contributed by atoms with Gasteiger partial charge in [0, 0.05) is 12.6 Å². The lowest BCUT2D eigenvalue weighted by Crippen LogP contribution is -2.25. The van der Waals surface area contributed by atoms with E-state index in [-0.39, 0.29) is 0 Å². The van der Waals surface area contributed by atoms with Gasteiger partial charge in [0.15, 0.2) is 0 Å². The van der Waals surface area contributed by atoms with Gasteiger partial charge in [-0.15, -0.1) is 5.10 Å². The normalized spacial score (nSPS) is 12.7. The number of nitrogens with zero attached hydrogens (tertiary/aromatic N) is 2. The van der Waals surface area contributed by atoms with Crippen molar-refractivity contribution in [2.75, 3.05) is 7.11 Å². The van der Waals surface area contributed by atoms with E-state index in [1.54, 1.807) is 7.11 Å². The Bertz CT molecular complexity index is 536. The van der Waals surface area contributed by atoms with Gasteiger partial charge in [-0.1, -0.05) is 30.5 Å². The average molecular weight is 291 g/mol. The second-order valence-corrected chi connectivity index (χ2v) is 6.00. The Hall–Kier alpha value is -1.46. The Labute approximate surface area is 124 Å². The van der Waals surface area contributed by atoms with Gasteiger partial charge in [0.05, 0.1) is 17.7 Å². The van der Waals surface area contributed by atoms with Crippen LogP contribution in [0.4, 0.5) is 0 Å². The quantitative estimate of drug-likeness (QED) is 0.886. The molecule has 0 spiro atoms. The first-order chi connectivity index (χ1) is 9.61. The monoisotopic (exact) mass is 291 g/mol. The molecule has 0 saturated heterocycles. The zero-order chi connectivity index (χ0) is 14.5. The van der Waals surface area contributed by atoms with Gasteiger partial charge in [0.25, 0.3) is 0 Å². The lowest BCUT2D eigenvalue weighted by molar-refractivity contribution is 0.405. The predicted octanol–water partition coefficient (Wildman–Crippen LogP) is 3.34. The number of ether oxygens (including phenoxy) is 1. The molecule has 0 aliphatic heterocycles. The molecular formula is C15H21N3OS. The van der Waals surface area contributed by atoms with Crippen LogP contribution in [-0.2, 0) is 6.54 Å². The van der Waals surface area contributed by atoms with E-state index in [0.29, 0.717) is 12.0 Å². The van der Waals surface area contributed by atoms with Gasteiger partial charge in [0.2, 0.25) is 0 Å². The number of aryl methyl sites for hydroxylation is 1. The fourth-order valence-electron chi connectivity index (χ4n) is 2.17. The Morgan fingerprint density at radius 1 is 1.25 bits per heavy atom. The molecule has 0 aliphatic carbocycles. The van der Waals surface area contributed by atoms with Crippen LogP contribution in [-0.4, -0.2) is 16.7 Å². The van der Waals surface area contributed by atoms with Gasteiger partial charge in [-0.05, 0) is 42.1 Å². The molecule has 0 bridgehead atoms. The summed E-state index contributed by atoms with van der Waals surface area (Å²) in [6, 6.07) is 8.56. The third-order valence-corrected chi connectivity index (χ3v) is 4.19. The lowest BCUT2D eigenvalue weighted by Gasteiger charge is -2.23. The summed E-state index contributed by atoms with van der Waals surface area (Å²) in [5, 5.41) is 7.65. The number of benzene rings is 1. The summed E-state index contributed by atoms with van der Waals surface area (Å²) in [4.78, 5) is 1.20. The molecule has 1 aromatic carbocycles. The minimum atomic E-state index is 0.308. The molecule has 108 valence electrons. The Kier molecular flexibility index (Phi) is 5.09. The number of nitrogens with one attached hydrogen (secondary N) is 1. The molecule has 0 unspecified atom stereocenters. The molecule has 0 amide bonds. The molecular weight excluding hydrogens is 270 g/mol. The summed E-state index contributed by atoms with van der Waals surface area (Å²) in [6.45, 7) is 7.25. The predicted molar refractivity (Wildman–Crippen MR) is 82.1 cm³/mol. The van der Waals surface area contributed by atoms with Crippen molar-refractivity contribution in [3.05, 3.63) is 40.4 Å². The van der Waals surface area contributed by atoms with Crippen LogP contribution in [0.25, 0.3) is 0 Å². The molecule has 2 rings (SSSR count). The average Bonchev–Trinajstić information content (AvgIpc) is 2.85. The summed E-state index contributed by atoms with van der Waals surface area (Å²) in [5.41, 5.74) is 2.29. The van der Waals surface area contributed by atoms with Crippen molar-refractivity contribution in [1.29, 1.82) is 0 Å². The molecule has 20 heavy (non-hydrogen) atoms. The Morgan fingerprint density at radius 3 is 2.45 bits per heavy atom. The van der Waals surface area contributed by atoms with Gasteiger partial charge < -0.3 is 10.1 Å². The molecule has 0 saturated carbocycles. The van der Waals surface area contributed by atoms with E-state index >= 15 is 0 Å². The summed E-state index contributed by atoms with van der Waals surface area (Å²) in [7, 11) is 1.69. The van der Waals surface area contributed by atoms with Crippen molar-refractivity contribution < 1.29 is 4.74 Å². The van der Waals surface area contributed by atoms with Crippen LogP contribution in [0.1, 0.15) is 36.0 Å². The molecule has 0 aliphatic rings. The smallest absolute Gasteiger partial charge is 0.118 e. The van der Waals surface area contributed by atoms with Crippen molar-refractivity contribution in [3.63, 3.8) is 0 Å². The van der Waals surface area contributed by atoms with Crippen LogP contribution in [0.5, 0.6) is 5.75 Å². The van der Waals surface area contributed by atoms with Crippen molar-refractivity contribution in [2.45, 2.75) is 33.4 Å². The third kappa shape index (κ3) is 3.55. The van der Waals surface area contributed by atoms with E-state index in [1.807, 2.05) is 19.1 Å². The highest BCUT2D eigenvalue weighted by molar-refractivity contribution is 7.05. The van der Waals surface area contributed by atoms with Crippen molar-refractivity contribution in [3.8, 4) is 5.75 Å². The molecule has 1 aromatic heterocycles. The second kappa shape index (κ2) is 6.81. The highest BCUT2D eigenvalue weighted by atomic mass is 32.1. The minimum absolute atomic E-state index is 0.308. The highest BCUT2D eigenvalue weighted by Crippen LogP contribution is 2.24. The molecule has 5 heteroatoms. The van der Waals surface area contributed by atoms with Gasteiger partial charge in [-0.25, -0.2) is 0 Å². The maximum absolute atomic E-state index is 5.21. The highest BCUT2D eigenvalue weighted by Gasteiger charge is 2.16. The van der Waals surface area contributed by atoms with Crippen LogP contribution >= 0.6 is 11.5 Å². The zero-order valence-electron chi connectivity index (χ0n) is 12.4. The molecule has 0 fully saturated rings. The van der Waals surface area contributed by atoms with Gasteiger partial charge in [-0.2, -0.15) is 0 Å². The maximum Gasteiger partial charge on any atom is 0.118 e. The molecule has 0 radical (unpaired) electrons. The third-order valence-electron chi connectivity index (χ3n) is 3.37. The van der Waals surface area contributed by atoms with Crippen molar-refractivity contribution in [1.82, 2.24) is 14.9 Å². The Balaban J connectivity index is 2.08. The molecule has 4 nitrogen and oxygen atoms in total. The molecule has 1 N–H and O–H groups in total. The van der Waals surface area contributed by atoms with E-state index < -0.39 is 0 Å². The summed E-state index contributed by atoms with van der Waals surface area (Å²) >= 11 is 1.46. The zero-order valence-corrected chi connectivity index (χ0v) is 13.2. The van der Waals surface area contributed by atoms with E-state index in [4.69, 9.17) is 4.74 Å². The largest absolute Gasteiger partial charge is 0.497 e. The fourth-order valence-corrected chi connectivity index (χ4v) is 2.75. The summed E-state index contributed by atoms with van der Waals surface area (Å²) < 4.78 is 9.18. The number of aromatic nitrogens is 2. The first-order valence-corrected chi connectivity index (χ1v) is 7.54. The first kappa shape index (κ1) is 14.9. The van der Waals surface area contributed by atoms with Crippen molar-refractivity contribution in [2.24, 2.45) is 5.92 Å². The van der Waals surface area contributed by atoms with Gasteiger partial charge in [0.1, 0.15) is 5.75 Å². The topological polar surface area (TPSA) is 47.0 Å². The van der Waals surface area contributed by atoms with Crippen LogP contribution in [0.2, 0.25) is 0 Å². The van der Waals surface area contributed by atoms with E-state index in [9.17, 15) is 0 Å². The molecule has 1 heterocycles. The molecule has 1 atom stereocenters. The SMILES string of the molecule is COc1ccc([C@@H](NCc2snnc2C)C(C)C)cc1. The van der Waals surface area contributed by atoms with Crippen LogP contribution in [0.3, 0.4) is 0 Å². The van der Waals surface area contributed by atoms with Gasteiger partial charge in [-0.3, -0.25) is 0 Å². The Morgan fingerprint density at radius 2 is 1.95 bits per heavy atom. The fraction of sp³-hybridized carbons (Fsp3) is 0.467. The summed E-state index contributed by atoms with van der Waals surface area (Å²) in [6.07, 6.45) is 0. The molecule has 2 aromatic rings. The summed E-state index contributed by atoms with van der Waals surface area (Å²) in [5.74, 6) is 1.39.